The Balaban J connectivity index is 1.95. The zero-order valence-corrected chi connectivity index (χ0v) is 10.8. The second-order valence-electron chi connectivity index (χ2n) is 4.30. The van der Waals surface area contributed by atoms with Crippen LogP contribution in [0.1, 0.15) is 6.92 Å². The lowest BCUT2D eigenvalue weighted by Gasteiger charge is -2.11. The van der Waals surface area contributed by atoms with Crippen LogP contribution in [0.3, 0.4) is 0 Å². The van der Waals surface area contributed by atoms with Crippen molar-refractivity contribution < 1.29 is 9.72 Å². The van der Waals surface area contributed by atoms with Gasteiger partial charge in [-0.05, 0) is 12.1 Å². The summed E-state index contributed by atoms with van der Waals surface area (Å²) in [6.45, 7) is 1.99. The minimum Gasteiger partial charge on any atom is -0.326 e. The Kier molecular flexibility index (Phi) is 4.04. The number of pyridine rings is 1. The highest BCUT2D eigenvalue weighted by atomic mass is 16.6. The van der Waals surface area contributed by atoms with Gasteiger partial charge in [-0.3, -0.25) is 24.6 Å². The lowest BCUT2D eigenvalue weighted by atomic mass is 10.1. The van der Waals surface area contributed by atoms with Crippen LogP contribution in [0, 0.1) is 16.0 Å². The number of nitro groups is 1. The SMILES string of the molecule is CC(Cn1cc([N+](=O)[O-])cn1)C(=O)Nc1ccncc1. The number of nitrogens with zero attached hydrogens (tertiary/aromatic N) is 4. The van der Waals surface area contributed by atoms with Gasteiger partial charge >= 0.3 is 5.69 Å². The molecule has 20 heavy (non-hydrogen) atoms. The van der Waals surface area contributed by atoms with Gasteiger partial charge in [0.2, 0.25) is 5.91 Å². The molecule has 2 aromatic heterocycles. The Bertz CT molecular complexity index is 611. The van der Waals surface area contributed by atoms with Crippen LogP contribution in [0.2, 0.25) is 0 Å². The topological polar surface area (TPSA) is 103 Å². The van der Waals surface area contributed by atoms with Crippen molar-refractivity contribution in [3.8, 4) is 0 Å². The molecule has 0 spiro atoms. The fourth-order valence-electron chi connectivity index (χ4n) is 1.61. The first kappa shape index (κ1) is 13.7. The van der Waals surface area contributed by atoms with Crippen molar-refractivity contribution in [2.75, 3.05) is 5.32 Å². The second-order valence-corrected chi connectivity index (χ2v) is 4.30. The van der Waals surface area contributed by atoms with Crippen molar-refractivity contribution in [3.05, 3.63) is 47.0 Å². The summed E-state index contributed by atoms with van der Waals surface area (Å²) in [6, 6.07) is 3.37. The summed E-state index contributed by atoms with van der Waals surface area (Å²) in [5.41, 5.74) is 0.565. The summed E-state index contributed by atoms with van der Waals surface area (Å²) >= 11 is 0. The molecule has 104 valence electrons. The largest absolute Gasteiger partial charge is 0.326 e. The van der Waals surface area contributed by atoms with Crippen LogP contribution in [-0.2, 0) is 11.3 Å². The third kappa shape index (κ3) is 3.37. The fraction of sp³-hybridized carbons (Fsp3) is 0.250. The number of carbonyl (C=O) groups is 1. The van der Waals surface area contributed by atoms with E-state index in [0.29, 0.717) is 5.69 Å². The average Bonchev–Trinajstić information content (AvgIpc) is 2.88. The molecule has 1 N–H and O–H groups in total. The molecule has 2 rings (SSSR count). The number of aromatic nitrogens is 3. The Labute approximate surface area is 114 Å². The Hall–Kier alpha value is -2.77. The molecule has 0 radical (unpaired) electrons. The van der Waals surface area contributed by atoms with Crippen molar-refractivity contribution in [1.82, 2.24) is 14.8 Å². The standard InChI is InChI=1S/C12H13N5O3/c1-9(7-16-8-11(6-14-16)17(19)20)12(18)15-10-2-4-13-5-3-10/h2-6,8-9H,7H2,1H3,(H,13,15,18). The predicted octanol–water partition coefficient (Wildman–Crippen LogP) is 1.46. The van der Waals surface area contributed by atoms with Crippen LogP contribution >= 0.6 is 0 Å². The van der Waals surface area contributed by atoms with Gasteiger partial charge in [0.25, 0.3) is 0 Å². The van der Waals surface area contributed by atoms with E-state index in [-0.39, 0.29) is 24.1 Å². The molecule has 0 aliphatic heterocycles. The van der Waals surface area contributed by atoms with Crippen LogP contribution in [0.4, 0.5) is 11.4 Å². The molecule has 0 fully saturated rings. The Morgan fingerprint density at radius 2 is 2.20 bits per heavy atom. The lowest BCUT2D eigenvalue weighted by molar-refractivity contribution is -0.385. The van der Waals surface area contributed by atoms with Gasteiger partial charge in [0.05, 0.1) is 17.4 Å². The van der Waals surface area contributed by atoms with Crippen LogP contribution in [-0.4, -0.2) is 25.6 Å². The number of hydrogen-bond acceptors (Lipinski definition) is 5. The minimum absolute atomic E-state index is 0.0910. The summed E-state index contributed by atoms with van der Waals surface area (Å²) in [4.78, 5) is 25.8. The first-order valence-corrected chi connectivity index (χ1v) is 5.94. The molecule has 8 nitrogen and oxygen atoms in total. The maximum Gasteiger partial charge on any atom is 0.306 e. The maximum absolute atomic E-state index is 12.0. The second kappa shape index (κ2) is 5.91. The van der Waals surface area contributed by atoms with E-state index in [1.807, 2.05) is 0 Å². The number of anilines is 1. The van der Waals surface area contributed by atoms with Gasteiger partial charge in [-0.2, -0.15) is 5.10 Å². The quantitative estimate of drug-likeness (QED) is 0.657. The highest BCUT2D eigenvalue weighted by Gasteiger charge is 2.16. The van der Waals surface area contributed by atoms with Gasteiger partial charge in [0.1, 0.15) is 12.4 Å². The molecule has 0 aliphatic rings. The van der Waals surface area contributed by atoms with Crippen molar-refractivity contribution in [2.24, 2.45) is 5.92 Å². The first-order valence-electron chi connectivity index (χ1n) is 5.94. The Morgan fingerprint density at radius 1 is 1.50 bits per heavy atom. The van der Waals surface area contributed by atoms with E-state index >= 15 is 0 Å². The van der Waals surface area contributed by atoms with Gasteiger partial charge in [-0.1, -0.05) is 6.92 Å². The summed E-state index contributed by atoms with van der Waals surface area (Å²) in [5.74, 6) is -0.558. The van der Waals surface area contributed by atoms with Crippen molar-refractivity contribution in [3.63, 3.8) is 0 Å². The van der Waals surface area contributed by atoms with Crippen LogP contribution in [0.25, 0.3) is 0 Å². The average molecular weight is 275 g/mol. The monoisotopic (exact) mass is 275 g/mol. The number of amides is 1. The Morgan fingerprint density at radius 3 is 2.80 bits per heavy atom. The number of carbonyl (C=O) groups excluding carboxylic acids is 1. The molecule has 0 saturated carbocycles. The molecule has 0 aromatic carbocycles. The zero-order valence-electron chi connectivity index (χ0n) is 10.8. The minimum atomic E-state index is -0.523. The molecular formula is C12H13N5O3. The van der Waals surface area contributed by atoms with Crippen LogP contribution in [0.15, 0.2) is 36.9 Å². The number of nitrogens with one attached hydrogen (secondary N) is 1. The highest BCUT2D eigenvalue weighted by Crippen LogP contribution is 2.11. The molecule has 1 unspecified atom stereocenters. The van der Waals surface area contributed by atoms with Gasteiger partial charge in [-0.25, -0.2) is 0 Å². The smallest absolute Gasteiger partial charge is 0.306 e. The molecule has 0 saturated heterocycles. The van der Waals surface area contributed by atoms with Crippen molar-refractivity contribution >= 4 is 17.3 Å². The fourth-order valence-corrected chi connectivity index (χ4v) is 1.61. The van der Waals surface area contributed by atoms with Crippen LogP contribution < -0.4 is 5.32 Å². The summed E-state index contributed by atoms with van der Waals surface area (Å²) < 4.78 is 1.38. The maximum atomic E-state index is 12.0. The van der Waals surface area contributed by atoms with Crippen molar-refractivity contribution in [2.45, 2.75) is 13.5 Å². The van der Waals surface area contributed by atoms with Gasteiger partial charge in [0, 0.05) is 18.1 Å². The van der Waals surface area contributed by atoms with E-state index in [1.54, 1.807) is 31.5 Å². The molecule has 1 atom stereocenters. The summed E-state index contributed by atoms with van der Waals surface area (Å²) in [5, 5.41) is 17.1. The molecular weight excluding hydrogens is 262 g/mol. The van der Waals surface area contributed by atoms with Crippen molar-refractivity contribution in [1.29, 1.82) is 0 Å². The molecule has 0 aliphatic carbocycles. The van der Waals surface area contributed by atoms with E-state index in [4.69, 9.17) is 0 Å². The van der Waals surface area contributed by atoms with Crippen LogP contribution in [0.5, 0.6) is 0 Å². The third-order valence-corrected chi connectivity index (χ3v) is 2.69. The van der Waals surface area contributed by atoms with Gasteiger partial charge in [-0.15, -0.1) is 0 Å². The molecule has 2 aromatic rings. The lowest BCUT2D eigenvalue weighted by Crippen LogP contribution is -2.24. The van der Waals surface area contributed by atoms with E-state index in [0.717, 1.165) is 6.20 Å². The number of rotatable bonds is 5. The predicted molar refractivity (Wildman–Crippen MR) is 70.9 cm³/mol. The normalized spacial score (nSPS) is 11.8. The summed E-state index contributed by atoms with van der Waals surface area (Å²) in [6.07, 6.45) is 5.62. The highest BCUT2D eigenvalue weighted by molar-refractivity contribution is 5.92. The van der Waals surface area contributed by atoms with E-state index in [9.17, 15) is 14.9 Å². The van der Waals surface area contributed by atoms with Gasteiger partial charge < -0.3 is 5.32 Å². The first-order chi connectivity index (χ1) is 9.56. The summed E-state index contributed by atoms with van der Waals surface area (Å²) in [7, 11) is 0. The molecule has 8 heteroatoms. The zero-order chi connectivity index (χ0) is 14.5. The molecule has 2 heterocycles. The third-order valence-electron chi connectivity index (χ3n) is 2.69. The number of hydrogen-bond donors (Lipinski definition) is 1. The van der Waals surface area contributed by atoms with Gasteiger partial charge in [0.15, 0.2) is 0 Å². The van der Waals surface area contributed by atoms with E-state index < -0.39 is 4.92 Å². The molecule has 1 amide bonds. The van der Waals surface area contributed by atoms with E-state index in [1.165, 1.54) is 10.9 Å². The van der Waals surface area contributed by atoms with E-state index in [2.05, 4.69) is 15.4 Å². The molecule has 0 bridgehead atoms.